The molecule has 262 valence electrons. The first-order valence-corrected chi connectivity index (χ1v) is 16.2. The maximum Gasteiger partial charge on any atom is 0.241 e. The minimum absolute atomic E-state index is 0.00854. The van der Waals surface area contributed by atoms with Gasteiger partial charge in [-0.15, -0.1) is 0 Å². The number of carbonyl (C=O) groups excluding carboxylic acids is 4. The second-order valence-corrected chi connectivity index (χ2v) is 13.4. The van der Waals surface area contributed by atoms with E-state index in [1.165, 1.54) is 39.2 Å². The van der Waals surface area contributed by atoms with E-state index in [1.807, 2.05) is 6.92 Å². The van der Waals surface area contributed by atoms with Crippen LogP contribution in [0.15, 0.2) is 18.2 Å². The molecule has 2 aromatic rings. The Morgan fingerprint density at radius 3 is 2.55 bits per heavy atom. The highest BCUT2D eigenvalue weighted by atomic mass is 16.7. The lowest BCUT2D eigenvalue weighted by atomic mass is 9.72. The summed E-state index contributed by atoms with van der Waals surface area (Å²) in [6.07, 6.45) is -4.51. The summed E-state index contributed by atoms with van der Waals surface area (Å²) in [6, 6.07) is 3.16. The van der Waals surface area contributed by atoms with Crippen molar-refractivity contribution in [2.75, 3.05) is 25.6 Å². The lowest BCUT2D eigenvalue weighted by Gasteiger charge is -2.43. The van der Waals surface area contributed by atoms with Gasteiger partial charge in [0, 0.05) is 55.6 Å². The molecular formula is C34H39N3O12. The zero-order valence-corrected chi connectivity index (χ0v) is 27.4. The zero-order valence-electron chi connectivity index (χ0n) is 27.4. The highest BCUT2D eigenvalue weighted by Crippen LogP contribution is 2.53. The third kappa shape index (κ3) is 5.27. The molecule has 9 atom stereocenters. The van der Waals surface area contributed by atoms with Crippen LogP contribution in [0.3, 0.4) is 0 Å². The molecule has 0 spiro atoms. The summed E-state index contributed by atoms with van der Waals surface area (Å²) in [6.45, 7) is 5.49. The predicted molar refractivity (Wildman–Crippen MR) is 168 cm³/mol. The molecule has 49 heavy (non-hydrogen) atoms. The van der Waals surface area contributed by atoms with Crippen molar-refractivity contribution in [2.24, 2.45) is 5.73 Å². The Morgan fingerprint density at radius 1 is 1.12 bits per heavy atom. The van der Waals surface area contributed by atoms with E-state index in [0.29, 0.717) is 19.6 Å². The van der Waals surface area contributed by atoms with Crippen LogP contribution in [0.25, 0.3) is 0 Å². The second-order valence-electron chi connectivity index (χ2n) is 13.4. The Labute approximate surface area is 281 Å². The van der Waals surface area contributed by atoms with Gasteiger partial charge in [0.15, 0.2) is 36.2 Å². The standard InChI is InChI=1S/C34H39N3O12/c1-13(35)31(43)36-18-7-5-6-16-22(18)28(41)25-24(26(16)39)27(40)17-11-34(44,15(3)38)12-20(23(17)29(25)42)48-21-10-19-30(14(2)47-21)49-32-33(45-4)46-9-8-37(19)32/h5-7,13-14,19-21,30,32-33,40,42,44H,8-12,35H2,1-4H3,(H,36,43)/t13-,14-,19-,20-,21?,30+,32+,33-,34-/m0/s1. The number of hydrogen-bond acceptors (Lipinski definition) is 14. The normalized spacial score (nSPS) is 32.7. The van der Waals surface area contributed by atoms with Crippen molar-refractivity contribution in [1.29, 1.82) is 0 Å². The lowest BCUT2D eigenvalue weighted by molar-refractivity contribution is -0.256. The van der Waals surface area contributed by atoms with E-state index in [4.69, 9.17) is 29.4 Å². The van der Waals surface area contributed by atoms with E-state index in [1.54, 1.807) is 0 Å². The van der Waals surface area contributed by atoms with Crippen LogP contribution in [-0.2, 0) is 39.7 Å². The van der Waals surface area contributed by atoms with Crippen LogP contribution in [0.2, 0.25) is 0 Å². The van der Waals surface area contributed by atoms with Crippen LogP contribution in [0, 0.1) is 0 Å². The fourth-order valence-corrected chi connectivity index (χ4v) is 7.81. The zero-order chi connectivity index (χ0) is 35.1. The summed E-state index contributed by atoms with van der Waals surface area (Å²) in [5.74, 6) is -4.14. The van der Waals surface area contributed by atoms with E-state index < -0.39 is 95.0 Å². The average Bonchev–Trinajstić information content (AvgIpc) is 3.44. The van der Waals surface area contributed by atoms with Gasteiger partial charge in [0.2, 0.25) is 5.91 Å². The fourth-order valence-electron chi connectivity index (χ4n) is 7.81. The van der Waals surface area contributed by atoms with Gasteiger partial charge in [0.1, 0.15) is 23.2 Å². The molecular weight excluding hydrogens is 642 g/mol. The second kappa shape index (κ2) is 12.2. The van der Waals surface area contributed by atoms with Gasteiger partial charge >= 0.3 is 0 Å². The fraction of sp³-hybridized carbons (Fsp3) is 0.529. The number of hydrogen-bond donors (Lipinski definition) is 5. The number of amides is 1. The lowest BCUT2D eigenvalue weighted by Crippen LogP contribution is -2.55. The van der Waals surface area contributed by atoms with E-state index >= 15 is 0 Å². The Bertz CT molecular complexity index is 1760. The Morgan fingerprint density at radius 2 is 1.86 bits per heavy atom. The number of aliphatic hydroxyl groups is 1. The summed E-state index contributed by atoms with van der Waals surface area (Å²) in [4.78, 5) is 55.5. The molecule has 3 heterocycles. The molecule has 15 nitrogen and oxygen atoms in total. The maximum atomic E-state index is 14.2. The molecule has 6 N–H and O–H groups in total. The number of benzene rings is 2. The molecule has 1 amide bonds. The highest BCUT2D eigenvalue weighted by molar-refractivity contribution is 6.32. The number of methoxy groups -OCH3 is 1. The number of anilines is 1. The van der Waals surface area contributed by atoms with E-state index in [-0.39, 0.29) is 46.5 Å². The van der Waals surface area contributed by atoms with Crippen LogP contribution < -0.4 is 11.1 Å². The number of phenols is 2. The monoisotopic (exact) mass is 681 g/mol. The van der Waals surface area contributed by atoms with Gasteiger partial charge in [-0.05, 0) is 26.8 Å². The third-order valence-electron chi connectivity index (χ3n) is 10.3. The summed E-state index contributed by atoms with van der Waals surface area (Å²) in [5, 5.41) is 37.6. The molecule has 15 heteroatoms. The van der Waals surface area contributed by atoms with Gasteiger partial charge in [-0.1, -0.05) is 12.1 Å². The van der Waals surface area contributed by atoms with Gasteiger partial charge < -0.3 is 50.1 Å². The van der Waals surface area contributed by atoms with Crippen LogP contribution in [0.4, 0.5) is 5.69 Å². The first-order chi connectivity index (χ1) is 23.2. The Hall–Kier alpha value is -3.80. The topological polar surface area (TPSA) is 216 Å². The van der Waals surface area contributed by atoms with E-state index in [9.17, 15) is 34.5 Å². The summed E-state index contributed by atoms with van der Waals surface area (Å²) >= 11 is 0. The van der Waals surface area contributed by atoms with Gasteiger partial charge in [-0.25, -0.2) is 0 Å². The molecule has 0 radical (unpaired) electrons. The third-order valence-corrected chi connectivity index (χ3v) is 10.3. The Balaban J connectivity index is 1.28. The molecule has 2 aliphatic carbocycles. The first-order valence-electron chi connectivity index (χ1n) is 16.2. The van der Waals surface area contributed by atoms with Crippen molar-refractivity contribution in [2.45, 2.75) is 94.8 Å². The molecule has 2 aromatic carbocycles. The number of aromatic hydroxyl groups is 2. The number of Topliss-reactive ketones (excluding diaryl/α,β-unsaturated/α-hetero) is 1. The number of nitrogens with two attached hydrogens (primary N) is 1. The number of carbonyl (C=O) groups is 4. The molecule has 0 aromatic heterocycles. The highest BCUT2D eigenvalue weighted by Gasteiger charge is 2.55. The largest absolute Gasteiger partial charge is 0.507 e. The van der Waals surface area contributed by atoms with Gasteiger partial charge in [0.05, 0.1) is 47.2 Å². The van der Waals surface area contributed by atoms with Crippen molar-refractivity contribution in [3.63, 3.8) is 0 Å². The predicted octanol–water partition coefficient (Wildman–Crippen LogP) is 1.02. The summed E-state index contributed by atoms with van der Waals surface area (Å²) in [5.41, 5.74) is 2.28. The van der Waals surface area contributed by atoms with Crippen molar-refractivity contribution in [3.05, 3.63) is 51.6 Å². The van der Waals surface area contributed by atoms with Crippen molar-refractivity contribution >= 4 is 28.9 Å². The number of ketones is 3. The van der Waals surface area contributed by atoms with Crippen LogP contribution in [0.1, 0.15) is 82.7 Å². The van der Waals surface area contributed by atoms with E-state index in [0.717, 1.165) is 0 Å². The summed E-state index contributed by atoms with van der Waals surface area (Å²) < 4.78 is 30.1. The number of nitrogens with one attached hydrogen (secondary N) is 1. The first kappa shape index (κ1) is 33.7. The van der Waals surface area contributed by atoms with Gasteiger partial charge in [0.25, 0.3) is 0 Å². The van der Waals surface area contributed by atoms with Crippen LogP contribution in [-0.4, -0.2) is 112 Å². The SMILES string of the molecule is CO[C@H]1OCCN2[C@@H]1O[C@@H]1[C@H](C)OC(O[C@H]3C[C@](O)(C(C)=O)Cc4c(O)c5c(c(O)c43)C(=O)c3c(NC(=O)[C@H](C)N)cccc3C5=O)C[C@@H]12. The smallest absolute Gasteiger partial charge is 0.241 e. The van der Waals surface area contributed by atoms with E-state index in [2.05, 4.69) is 10.2 Å². The minimum Gasteiger partial charge on any atom is -0.507 e. The van der Waals surface area contributed by atoms with Crippen molar-refractivity contribution < 1.29 is 58.2 Å². The summed E-state index contributed by atoms with van der Waals surface area (Å²) in [7, 11) is 1.54. The molecule has 3 saturated heterocycles. The number of ether oxygens (including phenoxy) is 5. The van der Waals surface area contributed by atoms with Crippen molar-refractivity contribution in [1.82, 2.24) is 4.90 Å². The minimum atomic E-state index is -2.04. The maximum absolute atomic E-state index is 14.2. The molecule has 0 bridgehead atoms. The van der Waals surface area contributed by atoms with Gasteiger partial charge in [-0.3, -0.25) is 24.1 Å². The number of fused-ring (bicyclic) bond motifs is 6. The van der Waals surface area contributed by atoms with Crippen LogP contribution in [0.5, 0.6) is 11.5 Å². The van der Waals surface area contributed by atoms with Crippen LogP contribution >= 0.6 is 0 Å². The molecule has 3 fully saturated rings. The Kier molecular flexibility index (Phi) is 8.39. The quantitative estimate of drug-likeness (QED) is 0.230. The van der Waals surface area contributed by atoms with Gasteiger partial charge in [-0.2, -0.15) is 0 Å². The molecule has 1 unspecified atom stereocenters. The average molecular weight is 682 g/mol. The number of phenolic OH excluding ortho intramolecular Hbond substituents is 2. The number of morpholine rings is 1. The molecule has 3 aliphatic heterocycles. The molecule has 7 rings (SSSR count). The number of rotatable bonds is 6. The van der Waals surface area contributed by atoms with Crippen molar-refractivity contribution in [3.8, 4) is 11.5 Å². The molecule has 0 saturated carbocycles. The number of nitrogens with zero attached hydrogens (tertiary/aromatic N) is 1. The molecule has 5 aliphatic rings.